The second-order valence-corrected chi connectivity index (χ2v) is 6.69. The number of amidine groups is 1. The molecule has 6 nitrogen and oxygen atoms in total. The lowest BCUT2D eigenvalue weighted by Gasteiger charge is -1.99. The monoisotopic (exact) mass is 377 g/mol. The highest BCUT2D eigenvalue weighted by Gasteiger charge is 2.24. The van der Waals surface area contributed by atoms with Gasteiger partial charge in [-0.3, -0.25) is 4.79 Å². The fraction of sp³-hybridized carbons (Fsp3) is 0.0500. The molecule has 134 valence electrons. The average Bonchev–Trinajstić information content (AvgIpc) is 3.30. The van der Waals surface area contributed by atoms with E-state index < -0.39 is 0 Å². The predicted molar refractivity (Wildman–Crippen MR) is 106 cm³/mol. The zero-order valence-corrected chi connectivity index (χ0v) is 15.2. The van der Waals surface area contributed by atoms with Gasteiger partial charge >= 0.3 is 0 Å². The van der Waals surface area contributed by atoms with Crippen molar-refractivity contribution in [1.29, 1.82) is 0 Å². The van der Waals surface area contributed by atoms with E-state index in [9.17, 15) is 4.79 Å². The van der Waals surface area contributed by atoms with E-state index in [1.165, 1.54) is 11.8 Å². The third kappa shape index (κ3) is 3.93. The Labute approximate surface area is 159 Å². The highest BCUT2D eigenvalue weighted by molar-refractivity contribution is 8.18. The minimum Gasteiger partial charge on any atom is -0.497 e. The number of nitrogens with zero attached hydrogens (tertiary/aromatic N) is 2. The zero-order chi connectivity index (χ0) is 18.6. The van der Waals surface area contributed by atoms with E-state index in [0.29, 0.717) is 21.5 Å². The number of carbonyl (C=O) groups is 1. The highest BCUT2D eigenvalue weighted by Crippen LogP contribution is 2.29. The molecule has 4 rings (SSSR count). The van der Waals surface area contributed by atoms with Gasteiger partial charge in [-0.05, 0) is 54.2 Å². The molecule has 2 aromatic carbocycles. The first-order valence-corrected chi connectivity index (χ1v) is 8.99. The van der Waals surface area contributed by atoms with Crippen LogP contribution in [0.3, 0.4) is 0 Å². The molecule has 0 spiro atoms. The predicted octanol–water partition coefficient (Wildman–Crippen LogP) is 4.24. The fourth-order valence-corrected chi connectivity index (χ4v) is 3.31. The molecule has 1 fully saturated rings. The van der Waals surface area contributed by atoms with E-state index >= 15 is 0 Å². The molecule has 0 bridgehead atoms. The summed E-state index contributed by atoms with van der Waals surface area (Å²) in [5, 5.41) is 7.32. The Kier molecular flexibility index (Phi) is 4.76. The quantitative estimate of drug-likeness (QED) is 0.688. The molecular formula is C20H15N3O3S. The van der Waals surface area contributed by atoms with E-state index in [-0.39, 0.29) is 5.91 Å². The van der Waals surface area contributed by atoms with E-state index in [1.54, 1.807) is 19.3 Å². The van der Waals surface area contributed by atoms with Crippen LogP contribution >= 0.6 is 11.8 Å². The summed E-state index contributed by atoms with van der Waals surface area (Å²) in [6.45, 7) is 0. The number of aliphatic imine (C=N–C) groups is 1. The van der Waals surface area contributed by atoms with Gasteiger partial charge in [-0.25, -0.2) is 4.99 Å². The SMILES string of the molecule is COc1ccc(-c2cc(/C=C3\SC(=Nc4ccccc4)NC3=O)no2)cc1. The lowest BCUT2D eigenvalue weighted by Crippen LogP contribution is -2.19. The van der Waals surface area contributed by atoms with Crippen LogP contribution in [0.2, 0.25) is 0 Å². The molecule has 0 radical (unpaired) electrons. The molecule has 3 aromatic rings. The zero-order valence-electron chi connectivity index (χ0n) is 14.4. The number of aromatic nitrogens is 1. The molecule has 0 saturated carbocycles. The van der Waals surface area contributed by atoms with Crippen LogP contribution in [0.1, 0.15) is 5.69 Å². The third-order valence-corrected chi connectivity index (χ3v) is 4.73. The Morgan fingerprint density at radius 2 is 1.93 bits per heavy atom. The lowest BCUT2D eigenvalue weighted by molar-refractivity contribution is -0.115. The molecule has 1 N–H and O–H groups in total. The first kappa shape index (κ1) is 17.1. The van der Waals surface area contributed by atoms with Gasteiger partial charge in [-0.1, -0.05) is 23.4 Å². The molecule has 2 heterocycles. The summed E-state index contributed by atoms with van der Waals surface area (Å²) in [6, 6.07) is 18.7. The van der Waals surface area contributed by atoms with Gasteiger partial charge in [0.05, 0.1) is 17.7 Å². The number of benzene rings is 2. The van der Waals surface area contributed by atoms with Crippen LogP contribution in [0.15, 0.2) is 75.1 Å². The number of carbonyl (C=O) groups excluding carboxylic acids is 1. The Balaban J connectivity index is 1.53. The average molecular weight is 377 g/mol. The maximum Gasteiger partial charge on any atom is 0.264 e. The lowest BCUT2D eigenvalue weighted by atomic mass is 10.1. The Hall–Kier alpha value is -3.32. The van der Waals surface area contributed by atoms with Crippen molar-refractivity contribution in [1.82, 2.24) is 10.5 Å². The number of hydrogen-bond acceptors (Lipinski definition) is 6. The number of rotatable bonds is 4. The number of nitrogens with one attached hydrogen (secondary N) is 1. The van der Waals surface area contributed by atoms with Crippen molar-refractivity contribution in [2.45, 2.75) is 0 Å². The van der Waals surface area contributed by atoms with Gasteiger partial charge in [0.15, 0.2) is 10.9 Å². The van der Waals surface area contributed by atoms with Gasteiger partial charge in [-0.15, -0.1) is 0 Å². The summed E-state index contributed by atoms with van der Waals surface area (Å²) in [5.41, 5.74) is 2.23. The normalized spacial score (nSPS) is 16.7. The van der Waals surface area contributed by atoms with Crippen molar-refractivity contribution in [3.05, 3.63) is 71.3 Å². The van der Waals surface area contributed by atoms with Crippen molar-refractivity contribution in [3.63, 3.8) is 0 Å². The second kappa shape index (κ2) is 7.51. The summed E-state index contributed by atoms with van der Waals surface area (Å²) in [6.07, 6.45) is 1.68. The van der Waals surface area contributed by atoms with Crippen LogP contribution in [0, 0.1) is 0 Å². The van der Waals surface area contributed by atoms with Gasteiger partial charge in [0, 0.05) is 11.6 Å². The number of para-hydroxylation sites is 1. The molecule has 7 heteroatoms. The number of hydrogen-bond donors (Lipinski definition) is 1. The molecular weight excluding hydrogens is 362 g/mol. The van der Waals surface area contributed by atoms with Crippen molar-refractivity contribution < 1.29 is 14.1 Å². The molecule has 0 atom stereocenters. The number of thioether (sulfide) groups is 1. The Morgan fingerprint density at radius 1 is 1.15 bits per heavy atom. The van der Waals surface area contributed by atoms with Gasteiger partial charge in [-0.2, -0.15) is 0 Å². The molecule has 27 heavy (non-hydrogen) atoms. The topological polar surface area (TPSA) is 76.7 Å². The highest BCUT2D eigenvalue weighted by atomic mass is 32.2. The van der Waals surface area contributed by atoms with Crippen LogP contribution in [0.25, 0.3) is 17.4 Å². The van der Waals surface area contributed by atoms with Crippen LogP contribution in [0.5, 0.6) is 5.75 Å². The van der Waals surface area contributed by atoms with Gasteiger partial charge < -0.3 is 14.6 Å². The molecule has 1 saturated heterocycles. The molecule has 1 aliphatic rings. The van der Waals surface area contributed by atoms with Crippen LogP contribution < -0.4 is 10.1 Å². The second-order valence-electron chi connectivity index (χ2n) is 5.66. The summed E-state index contributed by atoms with van der Waals surface area (Å²) < 4.78 is 10.5. The largest absolute Gasteiger partial charge is 0.497 e. The number of methoxy groups -OCH3 is 1. The maximum atomic E-state index is 12.2. The standard InChI is InChI=1S/C20H15N3O3S/c1-25-16-9-7-13(8-10-16)17-11-15(23-26-17)12-18-19(24)22-20(27-18)21-14-5-3-2-4-6-14/h2-12H,1H3,(H,21,22,24)/b18-12-. The summed E-state index contributed by atoms with van der Waals surface area (Å²) in [7, 11) is 1.62. The van der Waals surface area contributed by atoms with E-state index in [0.717, 1.165) is 17.0 Å². The smallest absolute Gasteiger partial charge is 0.264 e. The maximum absolute atomic E-state index is 12.2. The Morgan fingerprint density at radius 3 is 2.67 bits per heavy atom. The third-order valence-electron chi connectivity index (χ3n) is 3.82. The van der Waals surface area contributed by atoms with Crippen molar-refractivity contribution in [3.8, 4) is 17.1 Å². The van der Waals surface area contributed by atoms with Crippen LogP contribution in [0.4, 0.5) is 5.69 Å². The summed E-state index contributed by atoms with van der Waals surface area (Å²) in [4.78, 5) is 17.1. The summed E-state index contributed by atoms with van der Waals surface area (Å²) >= 11 is 1.27. The first-order chi connectivity index (χ1) is 13.2. The first-order valence-electron chi connectivity index (χ1n) is 8.17. The van der Waals surface area contributed by atoms with Gasteiger partial charge in [0.2, 0.25) is 0 Å². The fourth-order valence-electron chi connectivity index (χ4n) is 2.48. The van der Waals surface area contributed by atoms with E-state index in [2.05, 4.69) is 15.5 Å². The van der Waals surface area contributed by atoms with Gasteiger partial charge in [0.1, 0.15) is 11.4 Å². The number of ether oxygens (including phenoxy) is 1. The summed E-state index contributed by atoms with van der Waals surface area (Å²) in [5.74, 6) is 1.18. The minimum absolute atomic E-state index is 0.205. The van der Waals surface area contributed by atoms with Crippen LogP contribution in [-0.2, 0) is 4.79 Å². The van der Waals surface area contributed by atoms with E-state index in [1.807, 2.05) is 54.6 Å². The van der Waals surface area contributed by atoms with Crippen molar-refractivity contribution >= 4 is 34.6 Å². The molecule has 1 amide bonds. The van der Waals surface area contributed by atoms with Crippen molar-refractivity contribution in [2.24, 2.45) is 4.99 Å². The van der Waals surface area contributed by atoms with Crippen LogP contribution in [-0.4, -0.2) is 23.3 Å². The molecule has 0 unspecified atom stereocenters. The van der Waals surface area contributed by atoms with Gasteiger partial charge in [0.25, 0.3) is 5.91 Å². The van der Waals surface area contributed by atoms with E-state index in [4.69, 9.17) is 9.26 Å². The molecule has 0 aliphatic carbocycles. The minimum atomic E-state index is -0.205. The number of amides is 1. The van der Waals surface area contributed by atoms with Crippen molar-refractivity contribution in [2.75, 3.05) is 7.11 Å². The molecule has 1 aliphatic heterocycles. The molecule has 1 aromatic heterocycles. The Bertz CT molecular complexity index is 1020.